The third-order valence-electron chi connectivity index (χ3n) is 1.61. The lowest BCUT2D eigenvalue weighted by Gasteiger charge is -1.94. The minimum absolute atomic E-state index is 0.437. The second-order valence-corrected chi connectivity index (χ2v) is 2.61. The van der Waals surface area contributed by atoms with Crippen LogP contribution in [0, 0.1) is 0 Å². The van der Waals surface area contributed by atoms with Gasteiger partial charge in [0.05, 0.1) is 0 Å². The smallest absolute Gasteiger partial charge is 0.241 e. The van der Waals surface area contributed by atoms with Crippen molar-refractivity contribution in [3.63, 3.8) is 0 Å². The first kappa shape index (κ1) is 9.26. The van der Waals surface area contributed by atoms with Gasteiger partial charge in [0.25, 0.3) is 0 Å². The molecule has 0 aliphatic carbocycles. The minimum Gasteiger partial charge on any atom is -0.366 e. The average molecular weight is 173 g/mol. The van der Waals surface area contributed by atoms with E-state index in [4.69, 9.17) is 5.73 Å². The predicted octanol–water partition coefficient (Wildman–Crippen LogP) is 1.83. The van der Waals surface area contributed by atoms with E-state index >= 15 is 0 Å². The summed E-state index contributed by atoms with van der Waals surface area (Å²) in [6.45, 7) is 3.64. The van der Waals surface area contributed by atoms with E-state index in [0.29, 0.717) is 0 Å². The van der Waals surface area contributed by atoms with Crippen LogP contribution in [-0.2, 0) is 4.79 Å². The molecule has 0 saturated heterocycles. The minimum atomic E-state index is -0.437. The molecule has 0 unspecified atom stereocenters. The van der Waals surface area contributed by atoms with E-state index in [9.17, 15) is 4.79 Å². The van der Waals surface area contributed by atoms with Gasteiger partial charge in [-0.25, -0.2) is 0 Å². The Balaban J connectivity index is 2.80. The maximum absolute atomic E-state index is 10.4. The molecule has 0 aliphatic rings. The molecule has 2 nitrogen and oxygen atoms in total. The topological polar surface area (TPSA) is 43.1 Å². The van der Waals surface area contributed by atoms with Gasteiger partial charge < -0.3 is 5.73 Å². The second-order valence-electron chi connectivity index (χ2n) is 2.61. The molecule has 2 N–H and O–H groups in total. The van der Waals surface area contributed by atoms with Crippen molar-refractivity contribution in [1.82, 2.24) is 0 Å². The molecule has 0 bridgehead atoms. The first-order chi connectivity index (χ1) is 6.22. The average Bonchev–Trinajstić information content (AvgIpc) is 2.15. The summed E-state index contributed by atoms with van der Waals surface area (Å²) in [5.74, 6) is -0.437. The maximum atomic E-state index is 10.4. The van der Waals surface area contributed by atoms with Crippen molar-refractivity contribution in [3.8, 4) is 0 Å². The van der Waals surface area contributed by atoms with Crippen molar-refractivity contribution in [3.05, 3.63) is 48.0 Å². The lowest BCUT2D eigenvalue weighted by atomic mass is 10.1. The number of benzene rings is 1. The molecule has 1 rings (SSSR count). The quantitative estimate of drug-likeness (QED) is 0.696. The molecule has 0 fully saturated rings. The van der Waals surface area contributed by atoms with Crippen molar-refractivity contribution in [2.45, 2.75) is 0 Å². The molecule has 0 radical (unpaired) electrons. The summed E-state index contributed by atoms with van der Waals surface area (Å²) < 4.78 is 0. The number of carbonyl (C=O) groups excluding carboxylic acids is 1. The Hall–Kier alpha value is -1.83. The van der Waals surface area contributed by atoms with Crippen molar-refractivity contribution >= 4 is 18.1 Å². The SMILES string of the molecule is C=Cc1ccc(C=CC(N)=O)cc1. The summed E-state index contributed by atoms with van der Waals surface area (Å²) in [5, 5.41) is 0. The van der Waals surface area contributed by atoms with Crippen LogP contribution in [0.1, 0.15) is 11.1 Å². The second kappa shape index (κ2) is 4.26. The number of rotatable bonds is 3. The third kappa shape index (κ3) is 2.95. The highest BCUT2D eigenvalue weighted by Gasteiger charge is 1.88. The number of carbonyl (C=O) groups is 1. The highest BCUT2D eigenvalue weighted by molar-refractivity contribution is 5.90. The highest BCUT2D eigenvalue weighted by Crippen LogP contribution is 2.06. The van der Waals surface area contributed by atoms with Crippen LogP contribution in [0.3, 0.4) is 0 Å². The van der Waals surface area contributed by atoms with E-state index in [2.05, 4.69) is 6.58 Å². The number of hydrogen-bond acceptors (Lipinski definition) is 1. The summed E-state index contributed by atoms with van der Waals surface area (Å²) in [7, 11) is 0. The number of amides is 1. The largest absolute Gasteiger partial charge is 0.366 e. The number of nitrogens with two attached hydrogens (primary N) is 1. The zero-order valence-electron chi connectivity index (χ0n) is 7.23. The zero-order valence-corrected chi connectivity index (χ0v) is 7.23. The monoisotopic (exact) mass is 173 g/mol. The zero-order chi connectivity index (χ0) is 9.68. The van der Waals surface area contributed by atoms with Gasteiger partial charge in [-0.1, -0.05) is 36.9 Å². The summed E-state index contributed by atoms with van der Waals surface area (Å²) in [5.41, 5.74) is 6.96. The van der Waals surface area contributed by atoms with Crippen LogP contribution in [0.15, 0.2) is 36.9 Å². The molecular weight excluding hydrogens is 162 g/mol. The Kier molecular flexibility index (Phi) is 3.03. The molecule has 0 aromatic heterocycles. The molecule has 1 amide bonds. The first-order valence-corrected chi connectivity index (χ1v) is 3.92. The predicted molar refractivity (Wildman–Crippen MR) is 54.8 cm³/mol. The summed E-state index contributed by atoms with van der Waals surface area (Å²) in [4.78, 5) is 10.4. The van der Waals surface area contributed by atoms with Crippen molar-refractivity contribution in [2.24, 2.45) is 5.73 Å². The molecule has 1 aromatic carbocycles. The molecule has 0 aliphatic heterocycles. The first-order valence-electron chi connectivity index (χ1n) is 3.92. The molecule has 66 valence electrons. The Morgan fingerprint density at radius 2 is 1.77 bits per heavy atom. The number of hydrogen-bond donors (Lipinski definition) is 1. The fraction of sp³-hybridized carbons (Fsp3) is 0. The normalized spacial score (nSPS) is 10.2. The molecule has 0 saturated carbocycles. The lowest BCUT2D eigenvalue weighted by Crippen LogP contribution is -2.04. The molecule has 0 atom stereocenters. The molecule has 0 heterocycles. The van der Waals surface area contributed by atoms with Crippen LogP contribution in [0.2, 0.25) is 0 Å². The van der Waals surface area contributed by atoms with Crippen LogP contribution in [0.5, 0.6) is 0 Å². The van der Waals surface area contributed by atoms with Crippen LogP contribution in [0.25, 0.3) is 12.2 Å². The van der Waals surface area contributed by atoms with Gasteiger partial charge in [-0.15, -0.1) is 0 Å². The van der Waals surface area contributed by atoms with Crippen LogP contribution in [-0.4, -0.2) is 5.91 Å². The van der Waals surface area contributed by atoms with Crippen molar-refractivity contribution < 1.29 is 4.79 Å². The molecule has 1 aromatic rings. The Bertz CT molecular complexity index is 336. The van der Waals surface area contributed by atoms with Crippen LogP contribution < -0.4 is 5.73 Å². The molecule has 2 heteroatoms. The summed E-state index contributed by atoms with van der Waals surface area (Å²) in [6, 6.07) is 7.65. The summed E-state index contributed by atoms with van der Waals surface area (Å²) in [6.07, 6.45) is 4.78. The van der Waals surface area contributed by atoms with Gasteiger partial charge in [0, 0.05) is 6.08 Å². The van der Waals surface area contributed by atoms with Crippen LogP contribution >= 0.6 is 0 Å². The van der Waals surface area contributed by atoms with Gasteiger partial charge in [0.2, 0.25) is 5.91 Å². The van der Waals surface area contributed by atoms with E-state index in [-0.39, 0.29) is 0 Å². The highest BCUT2D eigenvalue weighted by atomic mass is 16.1. The fourth-order valence-corrected chi connectivity index (χ4v) is 0.922. The maximum Gasteiger partial charge on any atom is 0.241 e. The standard InChI is InChI=1S/C11H11NO/c1-2-9-3-5-10(6-4-9)7-8-11(12)13/h2-8H,1H2,(H2,12,13). The fourth-order valence-electron chi connectivity index (χ4n) is 0.922. The Morgan fingerprint density at radius 3 is 2.23 bits per heavy atom. The van der Waals surface area contributed by atoms with Gasteiger partial charge in [-0.05, 0) is 17.2 Å². The Morgan fingerprint density at radius 1 is 1.23 bits per heavy atom. The van der Waals surface area contributed by atoms with E-state index < -0.39 is 5.91 Å². The van der Waals surface area contributed by atoms with Gasteiger partial charge >= 0.3 is 0 Å². The van der Waals surface area contributed by atoms with Crippen LogP contribution in [0.4, 0.5) is 0 Å². The number of primary amides is 1. The molecule has 0 spiro atoms. The molecule has 13 heavy (non-hydrogen) atoms. The van der Waals surface area contributed by atoms with Gasteiger partial charge in [0.15, 0.2) is 0 Å². The van der Waals surface area contributed by atoms with Gasteiger partial charge in [0.1, 0.15) is 0 Å². The third-order valence-corrected chi connectivity index (χ3v) is 1.61. The van der Waals surface area contributed by atoms with Crippen molar-refractivity contribution in [1.29, 1.82) is 0 Å². The van der Waals surface area contributed by atoms with Gasteiger partial charge in [-0.3, -0.25) is 4.79 Å². The molecular formula is C11H11NO. The van der Waals surface area contributed by atoms with E-state index in [1.807, 2.05) is 24.3 Å². The van der Waals surface area contributed by atoms with Crippen molar-refractivity contribution in [2.75, 3.05) is 0 Å². The van der Waals surface area contributed by atoms with E-state index in [0.717, 1.165) is 11.1 Å². The Labute approximate surface area is 77.4 Å². The van der Waals surface area contributed by atoms with E-state index in [1.165, 1.54) is 6.08 Å². The lowest BCUT2D eigenvalue weighted by molar-refractivity contribution is -0.113. The van der Waals surface area contributed by atoms with Gasteiger partial charge in [-0.2, -0.15) is 0 Å². The van der Waals surface area contributed by atoms with E-state index in [1.54, 1.807) is 12.2 Å². The summed E-state index contributed by atoms with van der Waals surface area (Å²) >= 11 is 0.